The zero-order valence-electron chi connectivity index (χ0n) is 16.5. The second-order valence-electron chi connectivity index (χ2n) is 6.80. The molecule has 9 heteroatoms. The molecule has 0 aliphatic heterocycles. The van der Waals surface area contributed by atoms with Crippen LogP contribution >= 0.6 is 0 Å². The van der Waals surface area contributed by atoms with Crippen LogP contribution in [0.4, 0.5) is 8.78 Å². The normalized spacial score (nSPS) is 12.9. The molecule has 0 aliphatic rings. The summed E-state index contributed by atoms with van der Waals surface area (Å²) in [6.45, 7) is 2.05. The van der Waals surface area contributed by atoms with Gasteiger partial charge in [-0.05, 0) is 36.8 Å². The molecule has 1 aromatic carbocycles. The van der Waals surface area contributed by atoms with E-state index in [0.29, 0.717) is 34.4 Å². The standard InChI is InChI=1S/C20H22F2N4O2S/c1-13-19(14-5-4-6-16(11-14)29(27,28)25(2)3)20-17(7-8-18(22)24-20)26(13)12-15(21)9-10-23/h4-9,11H,10,12,23H2,1-3H3/p+1. The van der Waals surface area contributed by atoms with E-state index < -0.39 is 16.0 Å². The van der Waals surface area contributed by atoms with Crippen LogP contribution in [0.5, 0.6) is 0 Å². The van der Waals surface area contributed by atoms with E-state index in [1.165, 1.54) is 38.4 Å². The average molecular weight is 421 g/mol. The van der Waals surface area contributed by atoms with E-state index >= 15 is 0 Å². The maximum Gasteiger partial charge on any atom is 0.242 e. The number of fused-ring (bicyclic) bond motifs is 1. The molecule has 0 saturated heterocycles. The minimum Gasteiger partial charge on any atom is -0.354 e. The van der Waals surface area contributed by atoms with Crippen molar-refractivity contribution in [2.75, 3.05) is 20.6 Å². The molecular weight excluding hydrogens is 398 g/mol. The number of benzene rings is 1. The molecule has 6 nitrogen and oxygen atoms in total. The highest BCUT2D eigenvalue weighted by atomic mass is 32.2. The predicted octanol–water partition coefficient (Wildman–Crippen LogP) is 2.50. The molecule has 0 radical (unpaired) electrons. The number of nitrogens with zero attached hydrogens (tertiary/aromatic N) is 3. The second-order valence-corrected chi connectivity index (χ2v) is 8.96. The van der Waals surface area contributed by atoms with E-state index in [1.54, 1.807) is 29.7 Å². The number of allylic oxidation sites excluding steroid dienone is 1. The number of rotatable bonds is 6. The van der Waals surface area contributed by atoms with Gasteiger partial charge in [0.05, 0.1) is 29.0 Å². The minimum absolute atomic E-state index is 0.0408. The van der Waals surface area contributed by atoms with Crippen molar-refractivity contribution in [1.82, 2.24) is 13.9 Å². The first-order valence-electron chi connectivity index (χ1n) is 8.99. The van der Waals surface area contributed by atoms with Crippen molar-refractivity contribution in [3.63, 3.8) is 0 Å². The van der Waals surface area contributed by atoms with Gasteiger partial charge in [0.1, 0.15) is 5.83 Å². The Labute approximate surface area is 168 Å². The lowest BCUT2D eigenvalue weighted by molar-refractivity contribution is -0.353. The van der Waals surface area contributed by atoms with Crippen LogP contribution in [0.3, 0.4) is 0 Å². The van der Waals surface area contributed by atoms with E-state index in [9.17, 15) is 17.2 Å². The molecule has 3 aromatic rings. The fourth-order valence-electron chi connectivity index (χ4n) is 3.26. The second kappa shape index (κ2) is 8.02. The third-order valence-corrected chi connectivity index (χ3v) is 6.52. The summed E-state index contributed by atoms with van der Waals surface area (Å²) >= 11 is 0. The van der Waals surface area contributed by atoms with Crippen molar-refractivity contribution in [2.24, 2.45) is 0 Å². The van der Waals surface area contributed by atoms with Crippen LogP contribution in [-0.4, -0.2) is 42.9 Å². The average Bonchev–Trinajstić information content (AvgIpc) is 2.92. The maximum absolute atomic E-state index is 14.2. The van der Waals surface area contributed by atoms with E-state index in [1.807, 2.05) is 0 Å². The lowest BCUT2D eigenvalue weighted by Crippen LogP contribution is -2.49. The minimum atomic E-state index is -3.65. The van der Waals surface area contributed by atoms with Gasteiger partial charge in [0, 0.05) is 31.4 Å². The van der Waals surface area contributed by atoms with Crippen LogP contribution in [-0.2, 0) is 16.6 Å². The molecule has 2 aromatic heterocycles. The van der Waals surface area contributed by atoms with Gasteiger partial charge in [0.2, 0.25) is 16.0 Å². The Morgan fingerprint density at radius 1 is 1.28 bits per heavy atom. The first-order chi connectivity index (χ1) is 13.7. The molecule has 2 heterocycles. The first kappa shape index (κ1) is 21.1. The molecule has 0 spiro atoms. The van der Waals surface area contributed by atoms with Gasteiger partial charge in [-0.1, -0.05) is 12.1 Å². The van der Waals surface area contributed by atoms with Gasteiger partial charge in [-0.2, -0.15) is 4.39 Å². The summed E-state index contributed by atoms with van der Waals surface area (Å²) < 4.78 is 56.0. The molecule has 0 aliphatic carbocycles. The van der Waals surface area contributed by atoms with Gasteiger partial charge in [-0.15, -0.1) is 0 Å². The summed E-state index contributed by atoms with van der Waals surface area (Å²) in [6.07, 6.45) is 1.38. The molecule has 29 heavy (non-hydrogen) atoms. The van der Waals surface area contributed by atoms with Crippen molar-refractivity contribution in [2.45, 2.75) is 18.4 Å². The lowest BCUT2D eigenvalue weighted by atomic mass is 10.1. The summed E-state index contributed by atoms with van der Waals surface area (Å²) in [6, 6.07) is 9.14. The summed E-state index contributed by atoms with van der Waals surface area (Å²) in [4.78, 5) is 4.12. The fraction of sp³-hybridized carbons (Fsp3) is 0.250. The first-order valence-corrected chi connectivity index (χ1v) is 10.4. The molecule has 0 saturated carbocycles. The highest BCUT2D eigenvalue weighted by Crippen LogP contribution is 2.35. The van der Waals surface area contributed by atoms with Crippen molar-refractivity contribution in [3.8, 4) is 11.1 Å². The van der Waals surface area contributed by atoms with Crippen molar-refractivity contribution in [3.05, 3.63) is 59.9 Å². The van der Waals surface area contributed by atoms with Crippen LogP contribution in [0.2, 0.25) is 0 Å². The highest BCUT2D eigenvalue weighted by Gasteiger charge is 2.22. The summed E-state index contributed by atoms with van der Waals surface area (Å²) in [5, 5.41) is 0. The summed E-state index contributed by atoms with van der Waals surface area (Å²) in [5.74, 6) is -1.03. The number of quaternary nitrogens is 1. The number of halogens is 2. The Balaban J connectivity index is 2.27. The molecule has 0 bridgehead atoms. The Morgan fingerprint density at radius 2 is 2.00 bits per heavy atom. The van der Waals surface area contributed by atoms with Gasteiger partial charge in [-0.3, -0.25) is 0 Å². The van der Waals surface area contributed by atoms with Crippen LogP contribution < -0.4 is 5.73 Å². The third kappa shape index (κ3) is 3.93. The van der Waals surface area contributed by atoms with Crippen molar-refractivity contribution >= 4 is 21.1 Å². The summed E-state index contributed by atoms with van der Waals surface area (Å²) in [7, 11) is -0.741. The van der Waals surface area contributed by atoms with Crippen LogP contribution in [0.15, 0.2) is 53.2 Å². The van der Waals surface area contributed by atoms with Gasteiger partial charge in [0.15, 0.2) is 0 Å². The lowest BCUT2D eigenvalue weighted by Gasteiger charge is -2.12. The zero-order chi connectivity index (χ0) is 21.3. The Morgan fingerprint density at radius 3 is 2.66 bits per heavy atom. The Bertz CT molecular complexity index is 1200. The number of sulfonamides is 1. The van der Waals surface area contributed by atoms with Crippen LogP contribution in [0.1, 0.15) is 5.69 Å². The van der Waals surface area contributed by atoms with E-state index in [2.05, 4.69) is 10.7 Å². The number of pyridine rings is 1. The highest BCUT2D eigenvalue weighted by molar-refractivity contribution is 7.89. The van der Waals surface area contributed by atoms with Gasteiger partial charge >= 0.3 is 0 Å². The number of hydrogen-bond acceptors (Lipinski definition) is 3. The topological polar surface area (TPSA) is 82.8 Å². The van der Waals surface area contributed by atoms with Crippen LogP contribution in [0.25, 0.3) is 22.2 Å². The van der Waals surface area contributed by atoms with E-state index in [4.69, 9.17) is 0 Å². The Kier molecular flexibility index (Phi) is 5.83. The van der Waals surface area contributed by atoms with Crippen molar-refractivity contribution in [1.29, 1.82) is 0 Å². The largest absolute Gasteiger partial charge is 0.354 e. The molecule has 3 N–H and O–H groups in total. The number of hydrogen-bond donors (Lipinski definition) is 1. The van der Waals surface area contributed by atoms with E-state index in [-0.39, 0.29) is 17.3 Å². The molecule has 0 fully saturated rings. The van der Waals surface area contributed by atoms with Crippen LogP contribution in [0, 0.1) is 12.9 Å². The molecule has 154 valence electrons. The zero-order valence-corrected chi connectivity index (χ0v) is 17.3. The monoisotopic (exact) mass is 421 g/mol. The SMILES string of the molecule is Cc1c(-c2cccc(S(=O)(=O)N(C)C)c2)c2nc(F)ccc2n1CC(F)=CC[NH3+]. The predicted molar refractivity (Wildman–Crippen MR) is 108 cm³/mol. The molecule has 3 rings (SSSR count). The van der Waals surface area contributed by atoms with Gasteiger partial charge in [0.25, 0.3) is 0 Å². The quantitative estimate of drug-likeness (QED) is 0.621. The number of aromatic nitrogens is 2. The smallest absolute Gasteiger partial charge is 0.242 e. The van der Waals surface area contributed by atoms with Crippen molar-refractivity contribution < 1.29 is 22.9 Å². The maximum atomic E-state index is 14.2. The molecule has 0 unspecified atom stereocenters. The van der Waals surface area contributed by atoms with E-state index in [0.717, 1.165) is 4.31 Å². The fourth-order valence-corrected chi connectivity index (χ4v) is 4.21. The Hall–Kier alpha value is -2.62. The van der Waals surface area contributed by atoms with Gasteiger partial charge in [-0.25, -0.2) is 22.1 Å². The van der Waals surface area contributed by atoms with Gasteiger partial charge < -0.3 is 10.3 Å². The summed E-state index contributed by atoms with van der Waals surface area (Å²) in [5.41, 5.74) is 6.32. The molecular formula is C20H23F2N4O2S+. The molecule has 0 atom stereocenters. The third-order valence-electron chi connectivity index (χ3n) is 4.71. The molecule has 0 amide bonds.